The van der Waals surface area contributed by atoms with Crippen LogP contribution in [0.4, 0.5) is 0 Å². The van der Waals surface area contributed by atoms with Crippen molar-refractivity contribution in [2.45, 2.75) is 40.7 Å². The number of carbonyl (C=O) groups is 1. The molecule has 0 aliphatic carbocycles. The Morgan fingerprint density at radius 2 is 1.40 bits per heavy atom. The lowest BCUT2D eigenvalue weighted by Gasteiger charge is -2.27. The third-order valence-electron chi connectivity index (χ3n) is 1.87. The molecule has 4 heteroatoms. The highest BCUT2D eigenvalue weighted by Crippen LogP contribution is 2.05. The molecule has 0 aromatic carbocycles. The van der Waals surface area contributed by atoms with Gasteiger partial charge in [0, 0.05) is 13.1 Å². The molecule has 15 heavy (non-hydrogen) atoms. The van der Waals surface area contributed by atoms with Crippen molar-refractivity contribution < 1.29 is 4.79 Å². The number of nitrogens with two attached hydrogens (primary N) is 1. The van der Waals surface area contributed by atoms with Crippen LogP contribution in [0.2, 0.25) is 0 Å². The van der Waals surface area contributed by atoms with E-state index in [2.05, 4.69) is 27.7 Å². The quantitative estimate of drug-likeness (QED) is 0.793. The van der Waals surface area contributed by atoms with Crippen molar-refractivity contribution in [2.24, 2.45) is 17.6 Å². The third-order valence-corrected chi connectivity index (χ3v) is 1.87. The summed E-state index contributed by atoms with van der Waals surface area (Å²) >= 11 is 0. The molecule has 2 N–H and O–H groups in total. The molecule has 0 aromatic rings. The van der Waals surface area contributed by atoms with Gasteiger partial charge in [-0.05, 0) is 18.8 Å². The van der Waals surface area contributed by atoms with Crippen molar-refractivity contribution >= 4 is 18.3 Å². The van der Waals surface area contributed by atoms with Crippen LogP contribution in [-0.4, -0.2) is 29.9 Å². The molecule has 0 rings (SSSR count). The molecule has 0 aromatic heterocycles. The Bertz CT molecular complexity index is 171. The predicted octanol–water partition coefficient (Wildman–Crippen LogP) is 1.90. The second-order valence-corrected chi connectivity index (χ2v) is 4.82. The largest absolute Gasteiger partial charge is 0.341 e. The smallest absolute Gasteiger partial charge is 0.239 e. The Balaban J connectivity index is 0. The van der Waals surface area contributed by atoms with Gasteiger partial charge in [0.25, 0.3) is 0 Å². The van der Waals surface area contributed by atoms with E-state index in [0.29, 0.717) is 11.8 Å². The van der Waals surface area contributed by atoms with Crippen LogP contribution in [0, 0.1) is 11.8 Å². The van der Waals surface area contributed by atoms with Crippen molar-refractivity contribution in [2.75, 3.05) is 13.1 Å². The van der Waals surface area contributed by atoms with Gasteiger partial charge in [-0.1, -0.05) is 27.7 Å². The van der Waals surface area contributed by atoms with E-state index in [1.165, 1.54) is 0 Å². The molecule has 0 aliphatic heterocycles. The Hall–Kier alpha value is -0.280. The molecule has 1 unspecified atom stereocenters. The van der Waals surface area contributed by atoms with E-state index in [-0.39, 0.29) is 24.4 Å². The summed E-state index contributed by atoms with van der Waals surface area (Å²) in [5.74, 6) is 1.06. The molecule has 0 aliphatic rings. The lowest BCUT2D eigenvalue weighted by Crippen LogP contribution is -2.45. The molecule has 1 atom stereocenters. The van der Waals surface area contributed by atoms with Gasteiger partial charge in [-0.25, -0.2) is 0 Å². The highest BCUT2D eigenvalue weighted by atomic mass is 35.5. The molecular weight excluding hydrogens is 212 g/mol. The van der Waals surface area contributed by atoms with Crippen LogP contribution in [0.15, 0.2) is 0 Å². The van der Waals surface area contributed by atoms with Gasteiger partial charge in [0.15, 0.2) is 0 Å². The molecule has 3 nitrogen and oxygen atoms in total. The fourth-order valence-corrected chi connectivity index (χ4v) is 1.42. The van der Waals surface area contributed by atoms with E-state index in [4.69, 9.17) is 5.73 Å². The maximum Gasteiger partial charge on any atom is 0.239 e. The average Bonchev–Trinajstić information content (AvgIpc) is 1.99. The van der Waals surface area contributed by atoms with Crippen LogP contribution in [0.3, 0.4) is 0 Å². The standard InChI is InChI=1S/C11H24N2O.ClH/c1-8(2)6-13(7-9(3)4)11(14)10(5)12;/h8-10H,6-7,12H2,1-5H3;1H. The minimum atomic E-state index is -0.382. The molecular formula is C11H25ClN2O. The first-order valence-corrected chi connectivity index (χ1v) is 5.39. The summed E-state index contributed by atoms with van der Waals surface area (Å²) in [6.07, 6.45) is 0. The summed E-state index contributed by atoms with van der Waals surface area (Å²) in [6, 6.07) is -0.382. The van der Waals surface area contributed by atoms with Crippen LogP contribution in [0.1, 0.15) is 34.6 Å². The molecule has 0 radical (unpaired) electrons. The summed E-state index contributed by atoms with van der Waals surface area (Å²) in [6.45, 7) is 11.8. The van der Waals surface area contributed by atoms with Crippen molar-refractivity contribution in [1.29, 1.82) is 0 Å². The zero-order valence-electron chi connectivity index (χ0n) is 10.5. The van der Waals surface area contributed by atoms with Crippen molar-refractivity contribution in [3.63, 3.8) is 0 Å². The van der Waals surface area contributed by atoms with Gasteiger partial charge in [-0.2, -0.15) is 0 Å². The van der Waals surface area contributed by atoms with Crippen LogP contribution in [0.25, 0.3) is 0 Å². The molecule has 0 fully saturated rings. The fraction of sp³-hybridized carbons (Fsp3) is 0.909. The van der Waals surface area contributed by atoms with Gasteiger partial charge in [0.05, 0.1) is 6.04 Å². The van der Waals surface area contributed by atoms with Crippen LogP contribution >= 0.6 is 12.4 Å². The lowest BCUT2D eigenvalue weighted by molar-refractivity contribution is -0.133. The number of hydrogen-bond acceptors (Lipinski definition) is 2. The van der Waals surface area contributed by atoms with Gasteiger partial charge in [-0.15, -0.1) is 12.4 Å². The maximum absolute atomic E-state index is 11.7. The van der Waals surface area contributed by atoms with Crippen LogP contribution < -0.4 is 5.73 Å². The molecule has 0 spiro atoms. The molecule has 0 bridgehead atoms. The number of amides is 1. The van der Waals surface area contributed by atoms with E-state index >= 15 is 0 Å². The Labute approximate surface area is 99.8 Å². The SMILES string of the molecule is CC(C)CN(CC(C)C)C(=O)C(C)N.Cl. The van der Waals surface area contributed by atoms with E-state index in [9.17, 15) is 4.79 Å². The van der Waals surface area contributed by atoms with Crippen molar-refractivity contribution in [1.82, 2.24) is 4.90 Å². The van der Waals surface area contributed by atoms with Gasteiger partial charge in [-0.3, -0.25) is 4.79 Å². The van der Waals surface area contributed by atoms with Gasteiger partial charge >= 0.3 is 0 Å². The molecule has 1 amide bonds. The summed E-state index contributed by atoms with van der Waals surface area (Å²) in [5, 5.41) is 0. The van der Waals surface area contributed by atoms with Crippen LogP contribution in [-0.2, 0) is 4.79 Å². The Kier molecular flexibility index (Phi) is 9.07. The first-order chi connectivity index (χ1) is 6.34. The van der Waals surface area contributed by atoms with Crippen LogP contribution in [0.5, 0.6) is 0 Å². The maximum atomic E-state index is 11.7. The Morgan fingerprint density at radius 3 is 1.60 bits per heavy atom. The monoisotopic (exact) mass is 236 g/mol. The number of nitrogens with zero attached hydrogens (tertiary/aromatic N) is 1. The summed E-state index contributed by atoms with van der Waals surface area (Å²) < 4.78 is 0. The average molecular weight is 237 g/mol. The van der Waals surface area contributed by atoms with Crippen molar-refractivity contribution in [3.05, 3.63) is 0 Å². The van der Waals surface area contributed by atoms with E-state index < -0.39 is 0 Å². The predicted molar refractivity (Wildman–Crippen MR) is 67.2 cm³/mol. The minimum absolute atomic E-state index is 0. The molecule has 0 saturated carbocycles. The van der Waals surface area contributed by atoms with Gasteiger partial charge in [0.2, 0.25) is 5.91 Å². The summed E-state index contributed by atoms with van der Waals surface area (Å²) in [4.78, 5) is 13.6. The zero-order chi connectivity index (χ0) is 11.3. The first-order valence-electron chi connectivity index (χ1n) is 5.39. The topological polar surface area (TPSA) is 46.3 Å². The number of hydrogen-bond donors (Lipinski definition) is 1. The summed E-state index contributed by atoms with van der Waals surface area (Å²) in [5.41, 5.74) is 5.60. The third kappa shape index (κ3) is 7.63. The van der Waals surface area contributed by atoms with E-state index in [1.54, 1.807) is 6.92 Å². The normalized spacial score (nSPS) is 12.5. The van der Waals surface area contributed by atoms with Crippen molar-refractivity contribution in [3.8, 4) is 0 Å². The Morgan fingerprint density at radius 1 is 1.07 bits per heavy atom. The fourth-order valence-electron chi connectivity index (χ4n) is 1.42. The van der Waals surface area contributed by atoms with Gasteiger partial charge < -0.3 is 10.6 Å². The molecule has 0 saturated heterocycles. The summed E-state index contributed by atoms with van der Waals surface area (Å²) in [7, 11) is 0. The second kappa shape index (κ2) is 7.94. The number of halogens is 1. The second-order valence-electron chi connectivity index (χ2n) is 4.82. The minimum Gasteiger partial charge on any atom is -0.341 e. The number of carbonyl (C=O) groups excluding carboxylic acids is 1. The van der Waals surface area contributed by atoms with Gasteiger partial charge in [0.1, 0.15) is 0 Å². The molecule has 0 heterocycles. The lowest BCUT2D eigenvalue weighted by atomic mass is 10.1. The highest BCUT2D eigenvalue weighted by molar-refractivity contribution is 5.85. The molecule has 92 valence electrons. The van der Waals surface area contributed by atoms with E-state index in [1.807, 2.05) is 4.90 Å². The van der Waals surface area contributed by atoms with E-state index in [0.717, 1.165) is 13.1 Å². The number of rotatable bonds is 5. The highest BCUT2D eigenvalue weighted by Gasteiger charge is 2.18. The zero-order valence-corrected chi connectivity index (χ0v) is 11.3. The first kappa shape index (κ1) is 17.1.